The molecule has 0 aliphatic heterocycles. The van der Waals surface area contributed by atoms with E-state index in [-0.39, 0.29) is 0 Å². The SMILES string of the molecule is Cc1ccc(OCCC[C]=O)cc1. The summed E-state index contributed by atoms with van der Waals surface area (Å²) in [6.07, 6.45) is 3.02. The first-order valence-electron chi connectivity index (χ1n) is 4.37. The van der Waals surface area contributed by atoms with Gasteiger partial charge >= 0.3 is 0 Å². The predicted molar refractivity (Wildman–Crippen MR) is 51.6 cm³/mol. The molecular formula is C11H13O2. The molecule has 0 heterocycles. The van der Waals surface area contributed by atoms with Gasteiger partial charge < -0.3 is 4.74 Å². The molecule has 2 nitrogen and oxygen atoms in total. The van der Waals surface area contributed by atoms with Gasteiger partial charge in [-0.15, -0.1) is 0 Å². The Hall–Kier alpha value is -1.31. The Labute approximate surface area is 78.5 Å². The van der Waals surface area contributed by atoms with Gasteiger partial charge in [-0.1, -0.05) is 17.7 Å². The minimum Gasteiger partial charge on any atom is -0.494 e. The third kappa shape index (κ3) is 3.74. The van der Waals surface area contributed by atoms with Crippen LogP contribution in [0.2, 0.25) is 0 Å². The summed E-state index contributed by atoms with van der Waals surface area (Å²) in [7, 11) is 0. The molecule has 0 aliphatic carbocycles. The maximum Gasteiger partial charge on any atom is 0.198 e. The summed E-state index contributed by atoms with van der Waals surface area (Å²) in [5.74, 6) is 0.858. The molecule has 13 heavy (non-hydrogen) atoms. The smallest absolute Gasteiger partial charge is 0.198 e. The zero-order chi connectivity index (χ0) is 9.52. The molecule has 0 saturated heterocycles. The fourth-order valence-corrected chi connectivity index (χ4v) is 0.969. The summed E-state index contributed by atoms with van der Waals surface area (Å²) in [5, 5.41) is 0. The number of unbranched alkanes of at least 4 members (excludes halogenated alkanes) is 1. The molecular weight excluding hydrogens is 164 g/mol. The zero-order valence-electron chi connectivity index (χ0n) is 7.75. The van der Waals surface area contributed by atoms with E-state index >= 15 is 0 Å². The van der Waals surface area contributed by atoms with Crippen LogP contribution in [0.3, 0.4) is 0 Å². The Bertz CT molecular complexity index is 251. The molecule has 0 amide bonds. The van der Waals surface area contributed by atoms with Gasteiger partial charge in [0.1, 0.15) is 5.75 Å². The molecule has 0 saturated carbocycles. The van der Waals surface area contributed by atoms with Gasteiger partial charge in [-0.2, -0.15) is 0 Å². The number of hydrogen-bond acceptors (Lipinski definition) is 2. The first-order valence-corrected chi connectivity index (χ1v) is 4.37. The lowest BCUT2D eigenvalue weighted by Crippen LogP contribution is -1.97. The first kappa shape index (κ1) is 9.78. The van der Waals surface area contributed by atoms with Crippen molar-refractivity contribution in [1.29, 1.82) is 0 Å². The largest absolute Gasteiger partial charge is 0.494 e. The molecule has 1 aromatic rings. The Morgan fingerprint density at radius 1 is 1.31 bits per heavy atom. The quantitative estimate of drug-likeness (QED) is 0.645. The lowest BCUT2D eigenvalue weighted by Gasteiger charge is -2.04. The molecule has 1 radical (unpaired) electrons. The van der Waals surface area contributed by atoms with Crippen LogP contribution >= 0.6 is 0 Å². The van der Waals surface area contributed by atoms with Crippen LogP contribution in [-0.4, -0.2) is 12.9 Å². The van der Waals surface area contributed by atoms with Crippen molar-refractivity contribution in [3.05, 3.63) is 29.8 Å². The van der Waals surface area contributed by atoms with Gasteiger partial charge in [-0.25, -0.2) is 0 Å². The molecule has 0 unspecified atom stereocenters. The minimum atomic E-state index is 0.450. The van der Waals surface area contributed by atoms with Gasteiger partial charge in [0.25, 0.3) is 0 Å². The average Bonchev–Trinajstić information content (AvgIpc) is 2.15. The Morgan fingerprint density at radius 2 is 2.00 bits per heavy atom. The van der Waals surface area contributed by atoms with E-state index in [0.29, 0.717) is 13.0 Å². The fraction of sp³-hybridized carbons (Fsp3) is 0.364. The van der Waals surface area contributed by atoms with Crippen LogP contribution in [0.4, 0.5) is 0 Å². The Kier molecular flexibility index (Phi) is 4.03. The zero-order valence-corrected chi connectivity index (χ0v) is 7.75. The summed E-state index contributed by atoms with van der Waals surface area (Å²) < 4.78 is 5.38. The standard InChI is InChI=1S/C11H13O2/c1-10-4-6-11(7-5-10)13-9-3-2-8-12/h4-7H,2-3,9H2,1H3. The molecule has 0 N–H and O–H groups in total. The number of hydrogen-bond donors (Lipinski definition) is 0. The van der Waals surface area contributed by atoms with Crippen LogP contribution in [0.1, 0.15) is 18.4 Å². The van der Waals surface area contributed by atoms with Gasteiger partial charge in [0.2, 0.25) is 0 Å². The van der Waals surface area contributed by atoms with Crippen LogP contribution in [-0.2, 0) is 4.79 Å². The van der Waals surface area contributed by atoms with Crippen molar-refractivity contribution in [2.75, 3.05) is 6.61 Å². The highest BCUT2D eigenvalue weighted by atomic mass is 16.5. The van der Waals surface area contributed by atoms with E-state index in [2.05, 4.69) is 0 Å². The highest BCUT2D eigenvalue weighted by molar-refractivity contribution is 5.50. The molecule has 0 aromatic heterocycles. The van der Waals surface area contributed by atoms with Crippen LogP contribution in [0.15, 0.2) is 24.3 Å². The van der Waals surface area contributed by atoms with Crippen molar-refractivity contribution in [2.24, 2.45) is 0 Å². The van der Waals surface area contributed by atoms with Crippen LogP contribution in [0.5, 0.6) is 5.75 Å². The number of rotatable bonds is 5. The molecule has 0 bridgehead atoms. The lowest BCUT2D eigenvalue weighted by atomic mass is 10.2. The number of carbonyl (C=O) groups excluding carboxylic acids is 1. The molecule has 1 rings (SSSR count). The molecule has 1 aromatic carbocycles. The Morgan fingerprint density at radius 3 is 2.62 bits per heavy atom. The molecule has 69 valence electrons. The number of ether oxygens (including phenoxy) is 1. The van der Waals surface area contributed by atoms with Crippen molar-refractivity contribution in [3.63, 3.8) is 0 Å². The number of benzene rings is 1. The molecule has 0 fully saturated rings. The Balaban J connectivity index is 2.28. The van der Waals surface area contributed by atoms with E-state index in [1.807, 2.05) is 37.5 Å². The summed E-state index contributed by atoms with van der Waals surface area (Å²) >= 11 is 0. The monoisotopic (exact) mass is 177 g/mol. The first-order chi connectivity index (χ1) is 6.33. The summed E-state index contributed by atoms with van der Waals surface area (Å²) in [5.41, 5.74) is 1.22. The summed E-state index contributed by atoms with van der Waals surface area (Å²) in [6.45, 7) is 2.61. The van der Waals surface area contributed by atoms with Crippen LogP contribution in [0, 0.1) is 6.92 Å². The second-order valence-corrected chi connectivity index (χ2v) is 2.91. The molecule has 0 spiro atoms. The number of aryl methyl sites for hydroxylation is 1. The van der Waals surface area contributed by atoms with Crippen LogP contribution < -0.4 is 4.74 Å². The average molecular weight is 177 g/mol. The van der Waals surface area contributed by atoms with Crippen molar-refractivity contribution in [2.45, 2.75) is 19.8 Å². The highest BCUT2D eigenvalue weighted by Crippen LogP contribution is 2.11. The third-order valence-corrected chi connectivity index (χ3v) is 1.71. The van der Waals surface area contributed by atoms with E-state index in [1.165, 1.54) is 5.56 Å². The second kappa shape index (κ2) is 5.36. The van der Waals surface area contributed by atoms with Gasteiger partial charge in [-0.3, -0.25) is 4.79 Å². The fourth-order valence-electron chi connectivity index (χ4n) is 0.969. The van der Waals surface area contributed by atoms with E-state index in [4.69, 9.17) is 4.74 Å². The predicted octanol–water partition coefficient (Wildman–Crippen LogP) is 2.26. The highest BCUT2D eigenvalue weighted by Gasteiger charge is 1.92. The maximum absolute atomic E-state index is 9.88. The van der Waals surface area contributed by atoms with Crippen molar-refractivity contribution in [3.8, 4) is 5.75 Å². The van der Waals surface area contributed by atoms with E-state index in [1.54, 1.807) is 0 Å². The van der Waals surface area contributed by atoms with E-state index in [9.17, 15) is 4.79 Å². The topological polar surface area (TPSA) is 26.3 Å². The van der Waals surface area contributed by atoms with Gasteiger partial charge in [0.15, 0.2) is 6.29 Å². The lowest BCUT2D eigenvalue weighted by molar-refractivity contribution is 0.312. The van der Waals surface area contributed by atoms with Crippen molar-refractivity contribution >= 4 is 6.29 Å². The molecule has 2 heteroatoms. The normalized spacial score (nSPS) is 9.62. The van der Waals surface area contributed by atoms with Crippen molar-refractivity contribution < 1.29 is 9.53 Å². The van der Waals surface area contributed by atoms with E-state index in [0.717, 1.165) is 12.2 Å². The minimum absolute atomic E-state index is 0.450. The van der Waals surface area contributed by atoms with E-state index < -0.39 is 0 Å². The van der Waals surface area contributed by atoms with Gasteiger partial charge in [0, 0.05) is 6.42 Å². The summed E-state index contributed by atoms with van der Waals surface area (Å²) in [4.78, 5) is 9.88. The van der Waals surface area contributed by atoms with Crippen molar-refractivity contribution in [1.82, 2.24) is 0 Å². The summed E-state index contributed by atoms with van der Waals surface area (Å²) in [6, 6.07) is 7.86. The molecule has 0 atom stereocenters. The third-order valence-electron chi connectivity index (χ3n) is 1.71. The maximum atomic E-state index is 9.88. The second-order valence-electron chi connectivity index (χ2n) is 2.91. The van der Waals surface area contributed by atoms with Gasteiger partial charge in [0.05, 0.1) is 6.61 Å². The van der Waals surface area contributed by atoms with Crippen LogP contribution in [0.25, 0.3) is 0 Å². The molecule has 0 aliphatic rings. The van der Waals surface area contributed by atoms with Gasteiger partial charge in [-0.05, 0) is 25.5 Å².